The van der Waals surface area contributed by atoms with Gasteiger partial charge in [-0.3, -0.25) is 4.79 Å². The van der Waals surface area contributed by atoms with Gasteiger partial charge in [-0.25, -0.2) is 0 Å². The smallest absolute Gasteiger partial charge is 0.258 e. The third-order valence-electron chi connectivity index (χ3n) is 3.20. The molecule has 0 saturated heterocycles. The van der Waals surface area contributed by atoms with E-state index in [2.05, 4.69) is 0 Å². The fraction of sp³-hybridized carbons (Fsp3) is 0.188. The molecule has 0 aliphatic heterocycles. The van der Waals surface area contributed by atoms with Gasteiger partial charge in [-0.2, -0.15) is 0 Å². The van der Waals surface area contributed by atoms with Gasteiger partial charge < -0.3 is 20.8 Å². The number of benzene rings is 2. The third kappa shape index (κ3) is 3.45. The number of nitrogens with two attached hydrogens (primary N) is 1. The van der Waals surface area contributed by atoms with Crippen LogP contribution in [0.25, 0.3) is 0 Å². The predicted molar refractivity (Wildman–Crippen MR) is 81.0 cm³/mol. The molecule has 110 valence electrons. The molecule has 0 heterocycles. The summed E-state index contributed by atoms with van der Waals surface area (Å²) in [6.07, 6.45) is 0. The number of hydrogen-bond donors (Lipinski definition) is 3. The molecule has 5 heteroatoms. The van der Waals surface area contributed by atoms with Gasteiger partial charge in [-0.1, -0.05) is 12.1 Å². The van der Waals surface area contributed by atoms with E-state index in [0.717, 1.165) is 5.56 Å². The first-order valence-electron chi connectivity index (χ1n) is 6.67. The highest BCUT2D eigenvalue weighted by Crippen LogP contribution is 2.24. The second-order valence-electron chi connectivity index (χ2n) is 4.77. The van der Waals surface area contributed by atoms with Gasteiger partial charge in [0.15, 0.2) is 0 Å². The van der Waals surface area contributed by atoms with Crippen LogP contribution in [0.5, 0.6) is 11.5 Å². The van der Waals surface area contributed by atoms with Crippen LogP contribution in [0.3, 0.4) is 0 Å². The Morgan fingerprint density at radius 1 is 1.19 bits per heavy atom. The fourth-order valence-corrected chi connectivity index (χ4v) is 2.10. The van der Waals surface area contributed by atoms with Gasteiger partial charge in [-0.15, -0.1) is 0 Å². The summed E-state index contributed by atoms with van der Waals surface area (Å²) in [5.74, 6) is -0.548. The summed E-state index contributed by atoms with van der Waals surface area (Å²) in [6, 6.07) is 11.2. The van der Waals surface area contributed by atoms with E-state index in [4.69, 9.17) is 5.73 Å². The second-order valence-corrected chi connectivity index (χ2v) is 4.77. The number of hydrogen-bond acceptors (Lipinski definition) is 4. The number of carbonyl (C=O) groups excluding carboxylic acids is 1. The van der Waals surface area contributed by atoms with Gasteiger partial charge >= 0.3 is 0 Å². The molecule has 0 spiro atoms. The highest BCUT2D eigenvalue weighted by atomic mass is 16.3. The molecule has 0 aromatic heterocycles. The van der Waals surface area contributed by atoms with Crippen molar-refractivity contribution in [3.05, 3.63) is 53.6 Å². The molecule has 0 saturated carbocycles. The Labute approximate surface area is 123 Å². The molecule has 1 amide bonds. The average molecular weight is 286 g/mol. The van der Waals surface area contributed by atoms with Crippen LogP contribution in [0.15, 0.2) is 42.5 Å². The minimum absolute atomic E-state index is 0.0591. The lowest BCUT2D eigenvalue weighted by atomic mass is 10.1. The topological polar surface area (TPSA) is 86.8 Å². The van der Waals surface area contributed by atoms with E-state index in [1.165, 1.54) is 18.2 Å². The molecular weight excluding hydrogens is 268 g/mol. The van der Waals surface area contributed by atoms with Crippen LogP contribution >= 0.6 is 0 Å². The van der Waals surface area contributed by atoms with Crippen LogP contribution in [0.2, 0.25) is 0 Å². The van der Waals surface area contributed by atoms with E-state index >= 15 is 0 Å². The second kappa shape index (κ2) is 6.17. The Kier molecular flexibility index (Phi) is 4.33. The molecule has 0 bridgehead atoms. The van der Waals surface area contributed by atoms with Crippen molar-refractivity contribution < 1.29 is 15.0 Å². The van der Waals surface area contributed by atoms with E-state index in [1.807, 2.05) is 19.1 Å². The van der Waals surface area contributed by atoms with E-state index < -0.39 is 0 Å². The molecule has 4 N–H and O–H groups in total. The first-order valence-corrected chi connectivity index (χ1v) is 6.67. The van der Waals surface area contributed by atoms with Crippen LogP contribution in [-0.4, -0.2) is 27.6 Å². The van der Waals surface area contributed by atoms with Crippen molar-refractivity contribution in [1.29, 1.82) is 0 Å². The molecule has 2 rings (SSSR count). The third-order valence-corrected chi connectivity index (χ3v) is 3.20. The van der Waals surface area contributed by atoms with Crippen molar-refractivity contribution in [2.24, 2.45) is 0 Å². The van der Waals surface area contributed by atoms with Crippen LogP contribution < -0.4 is 5.73 Å². The highest BCUT2D eigenvalue weighted by Gasteiger charge is 2.18. The number of amides is 1. The molecule has 2 aromatic rings. The largest absolute Gasteiger partial charge is 0.508 e. The lowest BCUT2D eigenvalue weighted by Gasteiger charge is -2.21. The molecule has 0 atom stereocenters. The van der Waals surface area contributed by atoms with Gasteiger partial charge in [0, 0.05) is 18.8 Å². The predicted octanol–water partition coefficient (Wildman–Crippen LogP) is 2.34. The molecule has 2 aromatic carbocycles. The molecular formula is C16H18N2O3. The number of nitrogens with zero attached hydrogens (tertiary/aromatic N) is 1. The number of nitrogen functional groups attached to an aromatic ring is 1. The van der Waals surface area contributed by atoms with Crippen molar-refractivity contribution in [2.45, 2.75) is 13.5 Å². The van der Waals surface area contributed by atoms with Gasteiger partial charge in [0.1, 0.15) is 11.5 Å². The van der Waals surface area contributed by atoms with Gasteiger partial charge in [0.25, 0.3) is 5.91 Å². The summed E-state index contributed by atoms with van der Waals surface area (Å²) in [7, 11) is 0. The summed E-state index contributed by atoms with van der Waals surface area (Å²) in [5.41, 5.74) is 7.36. The highest BCUT2D eigenvalue weighted by molar-refractivity contribution is 5.97. The number of carbonyl (C=O) groups is 1. The monoisotopic (exact) mass is 286 g/mol. The Bertz CT molecular complexity index is 656. The molecule has 0 fully saturated rings. The average Bonchev–Trinajstić information content (AvgIpc) is 2.46. The lowest BCUT2D eigenvalue weighted by Crippen LogP contribution is -2.30. The summed E-state index contributed by atoms with van der Waals surface area (Å²) in [4.78, 5) is 14.0. The van der Waals surface area contributed by atoms with Crippen LogP contribution in [0, 0.1) is 0 Å². The summed E-state index contributed by atoms with van der Waals surface area (Å²) >= 11 is 0. The Morgan fingerprint density at radius 3 is 2.62 bits per heavy atom. The lowest BCUT2D eigenvalue weighted by molar-refractivity contribution is 0.0749. The molecule has 0 aliphatic rings. The quantitative estimate of drug-likeness (QED) is 0.594. The number of anilines is 1. The molecule has 5 nitrogen and oxygen atoms in total. The van der Waals surface area contributed by atoms with Gasteiger partial charge in [-0.05, 0) is 42.8 Å². The molecule has 21 heavy (non-hydrogen) atoms. The van der Waals surface area contributed by atoms with E-state index in [0.29, 0.717) is 18.8 Å². The summed E-state index contributed by atoms with van der Waals surface area (Å²) < 4.78 is 0. The first-order chi connectivity index (χ1) is 10.0. The minimum atomic E-state index is -0.340. The zero-order valence-electron chi connectivity index (χ0n) is 11.8. The van der Waals surface area contributed by atoms with Crippen molar-refractivity contribution in [2.75, 3.05) is 12.3 Å². The van der Waals surface area contributed by atoms with Gasteiger partial charge in [0.2, 0.25) is 0 Å². The van der Waals surface area contributed by atoms with Crippen molar-refractivity contribution in [3.8, 4) is 11.5 Å². The normalized spacial score (nSPS) is 10.3. The molecule has 0 radical (unpaired) electrons. The zero-order valence-corrected chi connectivity index (χ0v) is 11.8. The minimum Gasteiger partial charge on any atom is -0.508 e. The summed E-state index contributed by atoms with van der Waals surface area (Å²) in [5, 5.41) is 19.2. The Morgan fingerprint density at radius 2 is 1.95 bits per heavy atom. The number of phenolic OH excluding ortho intramolecular Hbond substituents is 2. The first kappa shape index (κ1) is 14.7. The number of aromatic hydroxyl groups is 2. The van der Waals surface area contributed by atoms with Crippen molar-refractivity contribution in [3.63, 3.8) is 0 Å². The molecule has 0 aliphatic carbocycles. The van der Waals surface area contributed by atoms with E-state index in [9.17, 15) is 15.0 Å². The van der Waals surface area contributed by atoms with E-state index in [-0.39, 0.29) is 23.0 Å². The standard InChI is InChI=1S/C16H18N2O3/c1-2-18(10-11-4-3-5-12(17)8-11)16(21)14-9-13(19)6-7-15(14)20/h3-9,19-20H,2,10,17H2,1H3. The fourth-order valence-electron chi connectivity index (χ4n) is 2.10. The van der Waals surface area contributed by atoms with Crippen LogP contribution in [-0.2, 0) is 6.54 Å². The van der Waals surface area contributed by atoms with Crippen molar-refractivity contribution >= 4 is 11.6 Å². The SMILES string of the molecule is CCN(Cc1cccc(N)c1)C(=O)c1cc(O)ccc1O. The number of phenols is 2. The maximum atomic E-state index is 12.5. The van der Waals surface area contributed by atoms with Crippen molar-refractivity contribution in [1.82, 2.24) is 4.90 Å². The zero-order chi connectivity index (χ0) is 15.4. The summed E-state index contributed by atoms with van der Waals surface area (Å²) in [6.45, 7) is 2.71. The maximum absolute atomic E-state index is 12.5. The Balaban J connectivity index is 2.24. The number of rotatable bonds is 4. The van der Waals surface area contributed by atoms with Gasteiger partial charge in [0.05, 0.1) is 5.56 Å². The van der Waals surface area contributed by atoms with Crippen LogP contribution in [0.1, 0.15) is 22.8 Å². The van der Waals surface area contributed by atoms with Crippen LogP contribution in [0.4, 0.5) is 5.69 Å². The maximum Gasteiger partial charge on any atom is 0.258 e. The molecule has 0 unspecified atom stereocenters. The van der Waals surface area contributed by atoms with E-state index in [1.54, 1.807) is 17.0 Å². The Hall–Kier alpha value is -2.69.